The predicted octanol–water partition coefficient (Wildman–Crippen LogP) is 1.16. The molecule has 2 amide bonds. The second kappa shape index (κ2) is 7.45. The van der Waals surface area contributed by atoms with Crippen LogP contribution in [0.2, 0.25) is 0 Å². The van der Waals surface area contributed by atoms with Gasteiger partial charge in [0.05, 0.1) is 11.4 Å². The Morgan fingerprint density at radius 1 is 1.39 bits per heavy atom. The van der Waals surface area contributed by atoms with Crippen molar-refractivity contribution in [3.05, 3.63) is 29.6 Å². The highest BCUT2D eigenvalue weighted by molar-refractivity contribution is 7.99. The molecule has 8 heteroatoms. The van der Waals surface area contributed by atoms with Crippen molar-refractivity contribution in [1.82, 2.24) is 14.8 Å². The molecule has 0 bridgehead atoms. The van der Waals surface area contributed by atoms with Crippen LogP contribution in [-0.2, 0) is 4.79 Å². The molecule has 0 aliphatic carbocycles. The summed E-state index contributed by atoms with van der Waals surface area (Å²) in [6.45, 7) is 4.97. The lowest BCUT2D eigenvalue weighted by molar-refractivity contribution is -0.134. The van der Waals surface area contributed by atoms with Crippen molar-refractivity contribution in [2.24, 2.45) is 0 Å². The van der Waals surface area contributed by atoms with Gasteiger partial charge in [-0.2, -0.15) is 0 Å². The Labute approximate surface area is 138 Å². The molecule has 1 aliphatic heterocycles. The van der Waals surface area contributed by atoms with Gasteiger partial charge in [-0.05, 0) is 26.0 Å². The molecule has 0 aromatic carbocycles. The molecule has 1 aromatic heterocycles. The van der Waals surface area contributed by atoms with Crippen molar-refractivity contribution in [3.8, 4) is 0 Å². The zero-order valence-corrected chi connectivity index (χ0v) is 13.9. The Hall–Kier alpha value is -2.09. The number of thioether (sulfide) groups is 1. The molecule has 0 radical (unpaired) electrons. The van der Waals surface area contributed by atoms with E-state index in [1.165, 1.54) is 35.0 Å². The minimum Gasteiger partial charge on any atom is -0.478 e. The van der Waals surface area contributed by atoms with Crippen LogP contribution in [-0.4, -0.2) is 68.4 Å². The van der Waals surface area contributed by atoms with E-state index >= 15 is 0 Å². The lowest BCUT2D eigenvalue weighted by Gasteiger charge is -2.28. The molecule has 124 valence electrons. The first kappa shape index (κ1) is 17.3. The quantitative estimate of drug-likeness (QED) is 0.867. The Bertz CT molecular complexity index is 618. The third kappa shape index (κ3) is 3.64. The molecule has 1 atom stereocenters. The average molecular weight is 337 g/mol. The largest absolute Gasteiger partial charge is 0.478 e. The number of aromatic nitrogens is 1. The number of aromatic carboxylic acids is 1. The highest BCUT2D eigenvalue weighted by Gasteiger charge is 2.37. The molecule has 7 nitrogen and oxygen atoms in total. The predicted molar refractivity (Wildman–Crippen MR) is 86.4 cm³/mol. The molecule has 1 aromatic rings. The van der Waals surface area contributed by atoms with E-state index < -0.39 is 17.9 Å². The molecular weight excluding hydrogens is 318 g/mol. The molecule has 0 spiro atoms. The van der Waals surface area contributed by atoms with E-state index in [9.17, 15) is 14.4 Å². The van der Waals surface area contributed by atoms with Crippen molar-refractivity contribution < 1.29 is 19.5 Å². The van der Waals surface area contributed by atoms with Crippen molar-refractivity contribution in [1.29, 1.82) is 0 Å². The number of hydrogen-bond donors (Lipinski definition) is 1. The van der Waals surface area contributed by atoms with Crippen LogP contribution < -0.4 is 0 Å². The number of amides is 2. The van der Waals surface area contributed by atoms with E-state index in [1.54, 1.807) is 4.90 Å². The van der Waals surface area contributed by atoms with Gasteiger partial charge in [0.15, 0.2) is 0 Å². The van der Waals surface area contributed by atoms with Gasteiger partial charge in [-0.3, -0.25) is 14.6 Å². The summed E-state index contributed by atoms with van der Waals surface area (Å²) < 4.78 is 0. The normalized spacial score (nSPS) is 17.1. The summed E-state index contributed by atoms with van der Waals surface area (Å²) in [5.74, 6) is -0.672. The number of carbonyl (C=O) groups is 3. The smallest absolute Gasteiger partial charge is 0.335 e. The third-order valence-corrected chi connectivity index (χ3v) is 4.74. The van der Waals surface area contributed by atoms with Gasteiger partial charge in [0.1, 0.15) is 11.7 Å². The fourth-order valence-electron chi connectivity index (χ4n) is 2.42. The maximum absolute atomic E-state index is 12.6. The van der Waals surface area contributed by atoms with Crippen LogP contribution in [0.25, 0.3) is 0 Å². The van der Waals surface area contributed by atoms with Crippen molar-refractivity contribution in [2.45, 2.75) is 19.9 Å². The summed E-state index contributed by atoms with van der Waals surface area (Å²) in [5, 5.41) is 9.02. The number of rotatable bonds is 5. The second-order valence-corrected chi connectivity index (χ2v) is 6.04. The lowest BCUT2D eigenvalue weighted by Crippen LogP contribution is -2.49. The number of hydrogen-bond acceptors (Lipinski definition) is 5. The van der Waals surface area contributed by atoms with Crippen molar-refractivity contribution in [2.75, 3.05) is 24.7 Å². The first-order valence-corrected chi connectivity index (χ1v) is 8.51. The molecule has 2 heterocycles. The zero-order valence-electron chi connectivity index (χ0n) is 13.1. The first-order valence-electron chi connectivity index (χ1n) is 7.36. The summed E-state index contributed by atoms with van der Waals surface area (Å²) in [6.07, 6.45) is 1.29. The maximum atomic E-state index is 12.6. The number of carboxylic acids is 1. The molecule has 1 unspecified atom stereocenters. The summed E-state index contributed by atoms with van der Waals surface area (Å²) in [6, 6.07) is 2.05. The number of carboxylic acid groups (broad SMARTS) is 1. The summed E-state index contributed by atoms with van der Waals surface area (Å²) in [7, 11) is 0. The molecule has 23 heavy (non-hydrogen) atoms. The van der Waals surface area contributed by atoms with Gasteiger partial charge in [-0.15, -0.1) is 11.8 Å². The van der Waals surface area contributed by atoms with Crippen LogP contribution >= 0.6 is 11.8 Å². The van der Waals surface area contributed by atoms with E-state index in [1.807, 2.05) is 13.8 Å². The monoisotopic (exact) mass is 337 g/mol. The second-order valence-electron chi connectivity index (χ2n) is 5.04. The average Bonchev–Trinajstić information content (AvgIpc) is 3.04. The van der Waals surface area contributed by atoms with Gasteiger partial charge in [-0.1, -0.05) is 0 Å². The van der Waals surface area contributed by atoms with E-state index in [-0.39, 0.29) is 17.2 Å². The Balaban J connectivity index is 2.22. The topological polar surface area (TPSA) is 90.8 Å². The SMILES string of the molecule is CCN(CC)C(=O)C1CSCN1C(=O)c1cc(C(=O)O)ccn1. The number of likely N-dealkylation sites (N-methyl/N-ethyl adjacent to an activating group) is 1. The van der Waals surface area contributed by atoms with Crippen LogP contribution in [0.1, 0.15) is 34.7 Å². The van der Waals surface area contributed by atoms with Gasteiger partial charge in [-0.25, -0.2) is 4.79 Å². The summed E-state index contributed by atoms with van der Waals surface area (Å²) in [5.41, 5.74) is 0.0477. The Kier molecular flexibility index (Phi) is 5.59. The minimum absolute atomic E-state index is 0.00168. The number of pyridine rings is 1. The van der Waals surface area contributed by atoms with Gasteiger partial charge in [0.25, 0.3) is 5.91 Å². The van der Waals surface area contributed by atoms with Gasteiger partial charge >= 0.3 is 5.97 Å². The highest BCUT2D eigenvalue weighted by Crippen LogP contribution is 2.24. The Morgan fingerprint density at radius 3 is 2.70 bits per heavy atom. The first-order chi connectivity index (χ1) is 11.0. The van der Waals surface area contributed by atoms with Crippen LogP contribution in [0.3, 0.4) is 0 Å². The minimum atomic E-state index is -1.12. The van der Waals surface area contributed by atoms with Crippen LogP contribution in [0.15, 0.2) is 18.3 Å². The van der Waals surface area contributed by atoms with E-state index in [0.29, 0.717) is 24.7 Å². The Morgan fingerprint density at radius 2 is 2.09 bits per heavy atom. The molecule has 2 rings (SSSR count). The fourth-order valence-corrected chi connectivity index (χ4v) is 3.57. The molecular formula is C15H19N3O4S. The maximum Gasteiger partial charge on any atom is 0.335 e. The third-order valence-electron chi connectivity index (χ3n) is 3.73. The van der Waals surface area contributed by atoms with Gasteiger partial charge in [0, 0.05) is 25.0 Å². The van der Waals surface area contributed by atoms with E-state index in [4.69, 9.17) is 5.11 Å². The van der Waals surface area contributed by atoms with E-state index in [0.717, 1.165) is 0 Å². The van der Waals surface area contributed by atoms with Crippen molar-refractivity contribution in [3.63, 3.8) is 0 Å². The van der Waals surface area contributed by atoms with E-state index in [2.05, 4.69) is 4.98 Å². The van der Waals surface area contributed by atoms with Gasteiger partial charge < -0.3 is 14.9 Å². The fraction of sp³-hybridized carbons (Fsp3) is 0.467. The lowest BCUT2D eigenvalue weighted by atomic mass is 10.2. The van der Waals surface area contributed by atoms with Crippen LogP contribution in [0, 0.1) is 0 Å². The molecule has 0 saturated carbocycles. The van der Waals surface area contributed by atoms with Crippen LogP contribution in [0.5, 0.6) is 0 Å². The number of carbonyl (C=O) groups excluding carboxylic acids is 2. The highest BCUT2D eigenvalue weighted by atomic mass is 32.2. The molecule has 1 aliphatic rings. The molecule has 1 N–H and O–H groups in total. The standard InChI is InChI=1S/C15H19N3O4S/c1-3-17(4-2)14(20)12-8-23-9-18(12)13(19)11-7-10(15(21)22)5-6-16-11/h5-7,12H,3-4,8-9H2,1-2H3,(H,21,22). The number of nitrogens with zero attached hydrogens (tertiary/aromatic N) is 3. The van der Waals surface area contributed by atoms with Gasteiger partial charge in [0.2, 0.25) is 5.91 Å². The molecule has 1 fully saturated rings. The van der Waals surface area contributed by atoms with Crippen LogP contribution in [0.4, 0.5) is 0 Å². The van der Waals surface area contributed by atoms with Crippen molar-refractivity contribution >= 4 is 29.5 Å². The summed E-state index contributed by atoms with van der Waals surface area (Å²) >= 11 is 1.50. The zero-order chi connectivity index (χ0) is 17.0. The summed E-state index contributed by atoms with van der Waals surface area (Å²) in [4.78, 5) is 43.3. The molecule has 1 saturated heterocycles.